The van der Waals surface area contributed by atoms with Crippen LogP contribution >= 0.6 is 0 Å². The first kappa shape index (κ1) is 13.7. The zero-order valence-corrected chi connectivity index (χ0v) is 10.2. The highest BCUT2D eigenvalue weighted by molar-refractivity contribution is 5.75. The van der Waals surface area contributed by atoms with Crippen molar-refractivity contribution in [3.63, 3.8) is 0 Å². The molecule has 0 radical (unpaired) electrons. The lowest BCUT2D eigenvalue weighted by Gasteiger charge is -2.19. The van der Waals surface area contributed by atoms with Gasteiger partial charge in [0.15, 0.2) is 6.10 Å². The molecule has 0 fully saturated rings. The summed E-state index contributed by atoms with van der Waals surface area (Å²) < 4.78 is 4.90. The predicted octanol–water partition coefficient (Wildman–Crippen LogP) is 0.869. The SMILES string of the molecule is CC(C)OC(=O)C(O)C(N)Cc1ccccc1. The maximum Gasteiger partial charge on any atom is 0.336 e. The summed E-state index contributed by atoms with van der Waals surface area (Å²) in [6.07, 6.45) is -1.09. The smallest absolute Gasteiger partial charge is 0.336 e. The number of hydrogen-bond donors (Lipinski definition) is 2. The molecule has 3 N–H and O–H groups in total. The molecule has 4 nitrogen and oxygen atoms in total. The average Bonchev–Trinajstić information content (AvgIpc) is 2.28. The van der Waals surface area contributed by atoms with Crippen molar-refractivity contribution in [3.8, 4) is 0 Å². The van der Waals surface area contributed by atoms with Gasteiger partial charge in [-0.15, -0.1) is 0 Å². The molecule has 0 saturated heterocycles. The number of rotatable bonds is 5. The molecule has 17 heavy (non-hydrogen) atoms. The highest BCUT2D eigenvalue weighted by Crippen LogP contribution is 2.06. The van der Waals surface area contributed by atoms with Gasteiger partial charge in [0.05, 0.1) is 6.10 Å². The largest absolute Gasteiger partial charge is 0.461 e. The molecule has 0 aromatic heterocycles. The number of aliphatic hydroxyl groups excluding tert-OH is 1. The second kappa shape index (κ2) is 6.37. The number of esters is 1. The van der Waals surface area contributed by atoms with Crippen molar-refractivity contribution in [3.05, 3.63) is 35.9 Å². The van der Waals surface area contributed by atoms with Crippen molar-refractivity contribution in [2.75, 3.05) is 0 Å². The van der Waals surface area contributed by atoms with Gasteiger partial charge in [0, 0.05) is 6.04 Å². The zero-order chi connectivity index (χ0) is 12.8. The van der Waals surface area contributed by atoms with Crippen LogP contribution in [0.4, 0.5) is 0 Å². The number of carbonyl (C=O) groups is 1. The number of carbonyl (C=O) groups excluding carboxylic acids is 1. The Morgan fingerprint density at radius 2 is 1.94 bits per heavy atom. The fourth-order valence-corrected chi connectivity index (χ4v) is 1.47. The predicted molar refractivity (Wildman–Crippen MR) is 65.4 cm³/mol. The number of aliphatic hydroxyl groups is 1. The third kappa shape index (κ3) is 4.54. The van der Waals surface area contributed by atoms with E-state index in [1.807, 2.05) is 30.3 Å². The second-order valence-corrected chi connectivity index (χ2v) is 4.28. The van der Waals surface area contributed by atoms with Crippen LogP contribution in [-0.2, 0) is 16.0 Å². The first-order chi connectivity index (χ1) is 8.00. The average molecular weight is 237 g/mol. The third-order valence-electron chi connectivity index (χ3n) is 2.31. The highest BCUT2D eigenvalue weighted by atomic mass is 16.6. The fourth-order valence-electron chi connectivity index (χ4n) is 1.47. The lowest BCUT2D eigenvalue weighted by Crippen LogP contribution is -2.43. The van der Waals surface area contributed by atoms with Gasteiger partial charge in [0.2, 0.25) is 0 Å². The third-order valence-corrected chi connectivity index (χ3v) is 2.31. The molecule has 94 valence electrons. The van der Waals surface area contributed by atoms with E-state index in [1.165, 1.54) is 0 Å². The van der Waals surface area contributed by atoms with E-state index in [9.17, 15) is 9.90 Å². The first-order valence-electron chi connectivity index (χ1n) is 5.68. The Hall–Kier alpha value is -1.39. The normalized spacial score (nSPS) is 14.4. The topological polar surface area (TPSA) is 72.5 Å². The maximum atomic E-state index is 11.4. The van der Waals surface area contributed by atoms with E-state index in [4.69, 9.17) is 10.5 Å². The Kier molecular flexibility index (Phi) is 5.12. The van der Waals surface area contributed by atoms with Crippen molar-refractivity contribution < 1.29 is 14.6 Å². The van der Waals surface area contributed by atoms with E-state index in [2.05, 4.69) is 0 Å². The molecular formula is C13H19NO3. The lowest BCUT2D eigenvalue weighted by molar-refractivity contribution is -0.158. The highest BCUT2D eigenvalue weighted by Gasteiger charge is 2.25. The Labute approximate surface area is 101 Å². The van der Waals surface area contributed by atoms with Crippen LogP contribution in [0.15, 0.2) is 30.3 Å². The van der Waals surface area contributed by atoms with E-state index < -0.39 is 18.1 Å². The number of hydrogen-bond acceptors (Lipinski definition) is 4. The molecule has 2 atom stereocenters. The van der Waals surface area contributed by atoms with E-state index in [1.54, 1.807) is 13.8 Å². The zero-order valence-electron chi connectivity index (χ0n) is 10.2. The van der Waals surface area contributed by atoms with E-state index in [0.29, 0.717) is 6.42 Å². The summed E-state index contributed by atoms with van der Waals surface area (Å²) in [5, 5.41) is 9.70. The molecule has 0 heterocycles. The summed E-state index contributed by atoms with van der Waals surface area (Å²) in [4.78, 5) is 11.4. The minimum atomic E-state index is -1.28. The van der Waals surface area contributed by atoms with Gasteiger partial charge in [0.1, 0.15) is 0 Å². The summed E-state index contributed by atoms with van der Waals surface area (Å²) in [6, 6.07) is 8.84. The molecule has 0 aliphatic heterocycles. The van der Waals surface area contributed by atoms with Crippen molar-refractivity contribution in [1.82, 2.24) is 0 Å². The van der Waals surface area contributed by atoms with Crippen molar-refractivity contribution in [1.29, 1.82) is 0 Å². The quantitative estimate of drug-likeness (QED) is 0.745. The van der Waals surface area contributed by atoms with Crippen LogP contribution in [0.1, 0.15) is 19.4 Å². The molecule has 0 aliphatic rings. The maximum absolute atomic E-state index is 11.4. The molecule has 0 amide bonds. The first-order valence-corrected chi connectivity index (χ1v) is 5.68. The van der Waals surface area contributed by atoms with Gasteiger partial charge in [-0.2, -0.15) is 0 Å². The Bertz CT molecular complexity index is 351. The number of ether oxygens (including phenoxy) is 1. The molecule has 0 saturated carbocycles. The van der Waals surface area contributed by atoms with Crippen LogP contribution in [0, 0.1) is 0 Å². The van der Waals surface area contributed by atoms with Crippen molar-refractivity contribution in [2.24, 2.45) is 5.73 Å². The van der Waals surface area contributed by atoms with Gasteiger partial charge in [-0.05, 0) is 25.8 Å². The fraction of sp³-hybridized carbons (Fsp3) is 0.462. The minimum Gasteiger partial charge on any atom is -0.461 e. The summed E-state index contributed by atoms with van der Waals surface area (Å²) in [5.41, 5.74) is 6.76. The van der Waals surface area contributed by atoms with Gasteiger partial charge in [-0.3, -0.25) is 0 Å². The van der Waals surface area contributed by atoms with Crippen LogP contribution < -0.4 is 5.73 Å². The van der Waals surface area contributed by atoms with Gasteiger partial charge in [-0.1, -0.05) is 30.3 Å². The second-order valence-electron chi connectivity index (χ2n) is 4.28. The van der Waals surface area contributed by atoms with E-state index in [-0.39, 0.29) is 6.10 Å². The van der Waals surface area contributed by atoms with E-state index in [0.717, 1.165) is 5.56 Å². The van der Waals surface area contributed by atoms with Crippen LogP contribution in [0.3, 0.4) is 0 Å². The van der Waals surface area contributed by atoms with Crippen LogP contribution in [-0.4, -0.2) is 29.3 Å². The molecule has 4 heteroatoms. The number of nitrogens with two attached hydrogens (primary N) is 1. The molecule has 0 spiro atoms. The van der Waals surface area contributed by atoms with Crippen molar-refractivity contribution in [2.45, 2.75) is 38.5 Å². The van der Waals surface area contributed by atoms with Crippen LogP contribution in [0.2, 0.25) is 0 Å². The molecular weight excluding hydrogens is 218 g/mol. The number of benzene rings is 1. The van der Waals surface area contributed by atoms with Gasteiger partial charge in [0.25, 0.3) is 0 Å². The standard InChI is InChI=1S/C13H19NO3/c1-9(2)17-13(16)12(15)11(14)8-10-6-4-3-5-7-10/h3-7,9,11-12,15H,8,14H2,1-2H3. The Balaban J connectivity index is 2.52. The lowest BCUT2D eigenvalue weighted by atomic mass is 10.0. The molecule has 0 aliphatic carbocycles. The monoisotopic (exact) mass is 237 g/mol. The van der Waals surface area contributed by atoms with Crippen LogP contribution in [0.5, 0.6) is 0 Å². The van der Waals surface area contributed by atoms with E-state index >= 15 is 0 Å². The summed E-state index contributed by atoms with van der Waals surface area (Å²) in [6.45, 7) is 3.46. The molecule has 1 rings (SSSR count). The van der Waals surface area contributed by atoms with Crippen LogP contribution in [0.25, 0.3) is 0 Å². The van der Waals surface area contributed by atoms with Gasteiger partial charge < -0.3 is 15.6 Å². The molecule has 1 aromatic carbocycles. The van der Waals surface area contributed by atoms with Gasteiger partial charge >= 0.3 is 5.97 Å². The minimum absolute atomic E-state index is 0.249. The molecule has 1 aromatic rings. The Morgan fingerprint density at radius 3 is 2.47 bits per heavy atom. The molecule has 0 bridgehead atoms. The summed E-state index contributed by atoms with van der Waals surface area (Å²) in [7, 11) is 0. The Morgan fingerprint density at radius 1 is 1.35 bits per heavy atom. The molecule has 2 unspecified atom stereocenters. The summed E-state index contributed by atoms with van der Waals surface area (Å²) in [5.74, 6) is -0.663. The van der Waals surface area contributed by atoms with Gasteiger partial charge in [-0.25, -0.2) is 4.79 Å². The van der Waals surface area contributed by atoms with Crippen molar-refractivity contribution >= 4 is 5.97 Å². The summed E-state index contributed by atoms with van der Waals surface area (Å²) >= 11 is 0.